The molecule has 1 amide bonds. The lowest BCUT2D eigenvalue weighted by atomic mass is 10.0. The van der Waals surface area contributed by atoms with Crippen molar-refractivity contribution in [2.24, 2.45) is 0 Å². The lowest BCUT2D eigenvalue weighted by molar-refractivity contribution is 0.0788. The highest BCUT2D eigenvalue weighted by Crippen LogP contribution is 2.40. The molecular weight excluding hydrogens is 316 g/mol. The SMILES string of the molecule is Cc1ccsc1CN(C)C(=O)c1cc(C2CC2)nc2ccccc12. The van der Waals surface area contributed by atoms with Crippen molar-refractivity contribution >= 4 is 28.1 Å². The smallest absolute Gasteiger partial charge is 0.254 e. The third kappa shape index (κ3) is 2.82. The van der Waals surface area contributed by atoms with E-state index in [4.69, 9.17) is 4.98 Å². The van der Waals surface area contributed by atoms with Crippen LogP contribution >= 0.6 is 11.3 Å². The van der Waals surface area contributed by atoms with Gasteiger partial charge >= 0.3 is 0 Å². The molecule has 24 heavy (non-hydrogen) atoms. The van der Waals surface area contributed by atoms with Crippen LogP contribution in [0, 0.1) is 6.92 Å². The van der Waals surface area contributed by atoms with Gasteiger partial charge in [0.15, 0.2) is 0 Å². The van der Waals surface area contributed by atoms with Gasteiger partial charge in [0.1, 0.15) is 0 Å². The number of pyridine rings is 1. The number of aromatic nitrogens is 1. The number of carbonyl (C=O) groups is 1. The van der Waals surface area contributed by atoms with Crippen molar-refractivity contribution in [1.29, 1.82) is 0 Å². The zero-order valence-corrected chi connectivity index (χ0v) is 14.8. The summed E-state index contributed by atoms with van der Waals surface area (Å²) in [5, 5.41) is 3.03. The molecule has 1 aliphatic rings. The molecule has 3 nitrogen and oxygen atoms in total. The van der Waals surface area contributed by atoms with Gasteiger partial charge in [-0.1, -0.05) is 18.2 Å². The summed E-state index contributed by atoms with van der Waals surface area (Å²) in [6.45, 7) is 2.74. The molecule has 0 aliphatic heterocycles. The Labute approximate surface area is 146 Å². The first-order chi connectivity index (χ1) is 11.6. The molecule has 3 aromatic rings. The van der Waals surface area contributed by atoms with Crippen molar-refractivity contribution in [2.45, 2.75) is 32.2 Å². The van der Waals surface area contributed by atoms with Crippen molar-refractivity contribution in [3.8, 4) is 0 Å². The van der Waals surface area contributed by atoms with Crippen LogP contribution < -0.4 is 0 Å². The fourth-order valence-corrected chi connectivity index (χ4v) is 3.98. The topological polar surface area (TPSA) is 33.2 Å². The highest BCUT2D eigenvalue weighted by molar-refractivity contribution is 7.10. The zero-order chi connectivity index (χ0) is 16.7. The summed E-state index contributed by atoms with van der Waals surface area (Å²) in [5.41, 5.74) is 4.01. The fraction of sp³-hybridized carbons (Fsp3) is 0.300. The Bertz CT molecular complexity index is 911. The number of thiophene rings is 1. The number of para-hydroxylation sites is 1. The van der Waals surface area contributed by atoms with Gasteiger partial charge in [-0.05, 0) is 48.9 Å². The minimum absolute atomic E-state index is 0.0725. The summed E-state index contributed by atoms with van der Waals surface area (Å²) in [6.07, 6.45) is 2.37. The summed E-state index contributed by atoms with van der Waals surface area (Å²) in [7, 11) is 1.88. The molecule has 122 valence electrons. The minimum atomic E-state index is 0.0725. The molecule has 0 bridgehead atoms. The number of hydrogen-bond acceptors (Lipinski definition) is 3. The number of fused-ring (bicyclic) bond motifs is 1. The maximum Gasteiger partial charge on any atom is 0.254 e. The predicted molar refractivity (Wildman–Crippen MR) is 98.6 cm³/mol. The van der Waals surface area contributed by atoms with Crippen molar-refractivity contribution in [2.75, 3.05) is 7.05 Å². The van der Waals surface area contributed by atoms with Crippen molar-refractivity contribution in [3.05, 3.63) is 63.5 Å². The average Bonchev–Trinajstić information content (AvgIpc) is 3.37. The third-order valence-corrected chi connectivity index (χ3v) is 5.67. The highest BCUT2D eigenvalue weighted by Gasteiger charge is 2.27. The standard InChI is InChI=1S/C20H20N2OS/c1-13-9-10-24-19(13)12-22(2)20(23)16-11-18(14-7-8-14)21-17-6-4-3-5-15(16)17/h3-6,9-11,14H,7-8,12H2,1-2H3. The lowest BCUT2D eigenvalue weighted by Crippen LogP contribution is -2.26. The summed E-state index contributed by atoms with van der Waals surface area (Å²) < 4.78 is 0. The third-order valence-electron chi connectivity index (χ3n) is 4.66. The molecule has 1 aliphatic carbocycles. The van der Waals surface area contributed by atoms with E-state index in [1.54, 1.807) is 11.3 Å². The van der Waals surface area contributed by atoms with Crippen LogP contribution in [0.5, 0.6) is 0 Å². The molecule has 0 N–H and O–H groups in total. The van der Waals surface area contributed by atoms with Gasteiger partial charge in [-0.25, -0.2) is 0 Å². The molecule has 0 unspecified atom stereocenters. The van der Waals surface area contributed by atoms with Crippen molar-refractivity contribution < 1.29 is 4.79 Å². The molecule has 1 aromatic carbocycles. The van der Waals surface area contributed by atoms with E-state index in [0.29, 0.717) is 12.5 Å². The number of aryl methyl sites for hydroxylation is 1. The minimum Gasteiger partial charge on any atom is -0.337 e. The van der Waals surface area contributed by atoms with Crippen LogP contribution in [0.2, 0.25) is 0 Å². The molecule has 1 fully saturated rings. The number of hydrogen-bond donors (Lipinski definition) is 0. The van der Waals surface area contributed by atoms with Crippen LogP contribution in [0.3, 0.4) is 0 Å². The molecule has 0 spiro atoms. The Morgan fingerprint density at radius 2 is 2.08 bits per heavy atom. The molecule has 2 aromatic heterocycles. The number of nitrogens with zero attached hydrogens (tertiary/aromatic N) is 2. The van der Waals surface area contributed by atoms with Gasteiger partial charge in [-0.3, -0.25) is 9.78 Å². The van der Waals surface area contributed by atoms with Crippen LogP contribution in [0.15, 0.2) is 41.8 Å². The number of rotatable bonds is 4. The van der Waals surface area contributed by atoms with E-state index in [1.165, 1.54) is 23.3 Å². The average molecular weight is 336 g/mol. The Morgan fingerprint density at radius 1 is 1.29 bits per heavy atom. The second-order valence-electron chi connectivity index (χ2n) is 6.57. The van der Waals surface area contributed by atoms with Gasteiger partial charge in [0, 0.05) is 28.9 Å². The van der Waals surface area contributed by atoms with Gasteiger partial charge < -0.3 is 4.90 Å². The first-order valence-electron chi connectivity index (χ1n) is 8.31. The van der Waals surface area contributed by atoms with Crippen LogP contribution in [0.25, 0.3) is 10.9 Å². The van der Waals surface area contributed by atoms with Gasteiger partial charge in [-0.2, -0.15) is 0 Å². The van der Waals surface area contributed by atoms with E-state index < -0.39 is 0 Å². The molecular formula is C20H20N2OS. The van der Waals surface area contributed by atoms with E-state index in [-0.39, 0.29) is 5.91 Å². The van der Waals surface area contributed by atoms with E-state index in [0.717, 1.165) is 22.2 Å². The second-order valence-corrected chi connectivity index (χ2v) is 7.57. The van der Waals surface area contributed by atoms with E-state index in [9.17, 15) is 4.79 Å². The molecule has 2 heterocycles. The van der Waals surface area contributed by atoms with Gasteiger partial charge in [0.2, 0.25) is 0 Å². The molecule has 0 radical (unpaired) electrons. The predicted octanol–water partition coefficient (Wildman–Crippen LogP) is 4.75. The maximum absolute atomic E-state index is 13.1. The van der Waals surface area contributed by atoms with Gasteiger partial charge in [-0.15, -0.1) is 11.3 Å². The fourth-order valence-electron chi connectivity index (χ4n) is 3.02. The van der Waals surface area contributed by atoms with E-state index >= 15 is 0 Å². The molecule has 0 atom stereocenters. The number of amides is 1. The molecule has 0 saturated heterocycles. The number of carbonyl (C=O) groups excluding carboxylic acids is 1. The largest absolute Gasteiger partial charge is 0.337 e. The van der Waals surface area contributed by atoms with Crippen LogP contribution in [-0.2, 0) is 6.54 Å². The first-order valence-corrected chi connectivity index (χ1v) is 9.19. The Kier molecular flexibility index (Phi) is 3.85. The quantitative estimate of drug-likeness (QED) is 0.688. The molecule has 4 rings (SSSR count). The molecule has 1 saturated carbocycles. The number of benzene rings is 1. The highest BCUT2D eigenvalue weighted by atomic mass is 32.1. The van der Waals surface area contributed by atoms with Crippen molar-refractivity contribution in [1.82, 2.24) is 9.88 Å². The Balaban J connectivity index is 1.71. The monoisotopic (exact) mass is 336 g/mol. The summed E-state index contributed by atoms with van der Waals surface area (Å²) >= 11 is 1.71. The van der Waals surface area contributed by atoms with Crippen LogP contribution in [0.4, 0.5) is 0 Å². The van der Waals surface area contributed by atoms with Crippen LogP contribution in [0.1, 0.15) is 45.3 Å². The van der Waals surface area contributed by atoms with Crippen molar-refractivity contribution in [3.63, 3.8) is 0 Å². The lowest BCUT2D eigenvalue weighted by Gasteiger charge is -2.18. The zero-order valence-electron chi connectivity index (χ0n) is 14.0. The first kappa shape index (κ1) is 15.3. The summed E-state index contributed by atoms with van der Waals surface area (Å²) in [4.78, 5) is 20.9. The normalized spacial score (nSPS) is 14.1. The maximum atomic E-state index is 13.1. The van der Waals surface area contributed by atoms with Gasteiger partial charge in [0.05, 0.1) is 17.6 Å². The van der Waals surface area contributed by atoms with Gasteiger partial charge in [0.25, 0.3) is 5.91 Å². The Morgan fingerprint density at radius 3 is 2.79 bits per heavy atom. The van der Waals surface area contributed by atoms with Crippen LogP contribution in [-0.4, -0.2) is 22.8 Å². The van der Waals surface area contributed by atoms with E-state index in [1.807, 2.05) is 42.3 Å². The van der Waals surface area contributed by atoms with E-state index in [2.05, 4.69) is 18.4 Å². The summed E-state index contributed by atoms with van der Waals surface area (Å²) in [6, 6.07) is 12.1. The Hall–Kier alpha value is -2.20. The summed E-state index contributed by atoms with van der Waals surface area (Å²) in [5.74, 6) is 0.606. The second kappa shape index (κ2) is 6.02. The molecule has 4 heteroatoms.